The number of ether oxygens (including phenoxy) is 3. The summed E-state index contributed by atoms with van der Waals surface area (Å²) in [4.78, 5) is 23.1. The Kier molecular flexibility index (Phi) is 17.3. The summed E-state index contributed by atoms with van der Waals surface area (Å²) < 4.78 is 15.5. The molecule has 24 heavy (non-hydrogen) atoms. The zero-order chi connectivity index (χ0) is 17.9. The molecule has 0 aromatic carbocycles. The van der Waals surface area contributed by atoms with Crippen molar-refractivity contribution in [2.24, 2.45) is 0 Å². The fourth-order valence-corrected chi connectivity index (χ4v) is 1.88. The van der Waals surface area contributed by atoms with E-state index in [1.807, 2.05) is 0 Å². The molecule has 142 valence electrons. The number of rotatable bonds is 17. The molecule has 0 aliphatic carbocycles. The summed E-state index contributed by atoms with van der Waals surface area (Å²) in [6.07, 6.45) is 4.32. The highest BCUT2D eigenvalue weighted by Gasteiger charge is 2.02. The lowest BCUT2D eigenvalue weighted by Gasteiger charge is -2.08. The quantitative estimate of drug-likeness (QED) is 0.387. The summed E-state index contributed by atoms with van der Waals surface area (Å²) >= 11 is 0. The van der Waals surface area contributed by atoms with Gasteiger partial charge in [-0.15, -0.1) is 0 Å². The highest BCUT2D eigenvalue weighted by Crippen LogP contribution is 1.95. The maximum Gasteiger partial charge on any atom is 0.222 e. The molecule has 0 unspecified atom stereocenters. The first kappa shape index (κ1) is 22.8. The van der Waals surface area contributed by atoms with Crippen molar-refractivity contribution < 1.29 is 23.8 Å². The SMILES string of the molecule is CCCOCCOCCC(=O)NCCCNC(=O)CCCCOC. The second-order valence-electron chi connectivity index (χ2n) is 5.48. The predicted molar refractivity (Wildman–Crippen MR) is 92.9 cm³/mol. The van der Waals surface area contributed by atoms with Gasteiger partial charge in [0.2, 0.25) is 11.8 Å². The molecule has 0 aliphatic heterocycles. The van der Waals surface area contributed by atoms with Crippen molar-refractivity contribution in [2.75, 3.05) is 53.2 Å². The Morgan fingerprint density at radius 1 is 0.750 bits per heavy atom. The molecule has 0 saturated carbocycles. The van der Waals surface area contributed by atoms with Crippen LogP contribution in [0.1, 0.15) is 45.4 Å². The normalized spacial score (nSPS) is 10.6. The Bertz CT molecular complexity index is 313. The molecule has 0 bridgehead atoms. The predicted octanol–water partition coefficient (Wildman–Crippen LogP) is 1.26. The molecule has 0 saturated heterocycles. The van der Waals surface area contributed by atoms with E-state index >= 15 is 0 Å². The number of methoxy groups -OCH3 is 1. The molecular formula is C17H34N2O5. The molecule has 7 nitrogen and oxygen atoms in total. The van der Waals surface area contributed by atoms with Gasteiger partial charge in [0, 0.05) is 46.3 Å². The van der Waals surface area contributed by atoms with Gasteiger partial charge in [-0.2, -0.15) is 0 Å². The van der Waals surface area contributed by atoms with Crippen LogP contribution < -0.4 is 10.6 Å². The molecule has 0 aromatic rings. The second kappa shape index (κ2) is 18.2. The minimum atomic E-state index is -0.0321. The van der Waals surface area contributed by atoms with Crippen molar-refractivity contribution in [1.29, 1.82) is 0 Å². The average Bonchev–Trinajstić information content (AvgIpc) is 2.57. The van der Waals surface area contributed by atoms with Crippen LogP contribution in [0.2, 0.25) is 0 Å². The molecule has 0 heterocycles. The van der Waals surface area contributed by atoms with Gasteiger partial charge in [0.15, 0.2) is 0 Å². The van der Waals surface area contributed by atoms with Crippen molar-refractivity contribution in [2.45, 2.75) is 45.4 Å². The number of hydrogen-bond acceptors (Lipinski definition) is 5. The summed E-state index contributed by atoms with van der Waals surface area (Å²) in [7, 11) is 1.66. The largest absolute Gasteiger partial charge is 0.385 e. The lowest BCUT2D eigenvalue weighted by atomic mass is 10.2. The van der Waals surface area contributed by atoms with E-state index in [0.717, 1.165) is 32.3 Å². The van der Waals surface area contributed by atoms with Crippen molar-refractivity contribution in [3.63, 3.8) is 0 Å². The van der Waals surface area contributed by atoms with E-state index in [1.54, 1.807) is 7.11 Å². The maximum atomic E-state index is 11.6. The number of nitrogens with one attached hydrogen (secondary N) is 2. The van der Waals surface area contributed by atoms with Gasteiger partial charge in [-0.05, 0) is 25.7 Å². The van der Waals surface area contributed by atoms with Gasteiger partial charge in [0.1, 0.15) is 0 Å². The fraction of sp³-hybridized carbons (Fsp3) is 0.882. The van der Waals surface area contributed by atoms with Crippen LogP contribution in [0.4, 0.5) is 0 Å². The Morgan fingerprint density at radius 2 is 1.38 bits per heavy atom. The van der Waals surface area contributed by atoms with E-state index in [9.17, 15) is 9.59 Å². The van der Waals surface area contributed by atoms with Crippen molar-refractivity contribution >= 4 is 11.8 Å². The van der Waals surface area contributed by atoms with Gasteiger partial charge in [-0.1, -0.05) is 6.92 Å². The minimum absolute atomic E-state index is 0.0321. The zero-order valence-corrected chi connectivity index (χ0v) is 15.2. The van der Waals surface area contributed by atoms with Crippen LogP contribution in [-0.2, 0) is 23.8 Å². The van der Waals surface area contributed by atoms with E-state index in [-0.39, 0.29) is 11.8 Å². The lowest BCUT2D eigenvalue weighted by Crippen LogP contribution is -2.30. The van der Waals surface area contributed by atoms with Gasteiger partial charge in [-0.25, -0.2) is 0 Å². The number of unbranched alkanes of at least 4 members (excludes halogenated alkanes) is 1. The number of carbonyl (C=O) groups excluding carboxylic acids is 2. The number of carbonyl (C=O) groups is 2. The van der Waals surface area contributed by atoms with Crippen LogP contribution in [0.5, 0.6) is 0 Å². The second-order valence-corrected chi connectivity index (χ2v) is 5.48. The monoisotopic (exact) mass is 346 g/mol. The Balaban J connectivity index is 3.29. The van der Waals surface area contributed by atoms with Gasteiger partial charge in [-0.3, -0.25) is 9.59 Å². The van der Waals surface area contributed by atoms with Crippen LogP contribution in [0.25, 0.3) is 0 Å². The third-order valence-electron chi connectivity index (χ3n) is 3.19. The lowest BCUT2D eigenvalue weighted by molar-refractivity contribution is -0.122. The molecule has 0 radical (unpaired) electrons. The first-order valence-corrected chi connectivity index (χ1v) is 8.88. The van der Waals surface area contributed by atoms with E-state index in [4.69, 9.17) is 14.2 Å². The average molecular weight is 346 g/mol. The molecular weight excluding hydrogens is 312 g/mol. The molecule has 0 rings (SSSR count). The van der Waals surface area contributed by atoms with Crippen molar-refractivity contribution in [3.05, 3.63) is 0 Å². The molecule has 2 N–H and O–H groups in total. The summed E-state index contributed by atoms with van der Waals surface area (Å²) in [5, 5.41) is 5.65. The highest BCUT2D eigenvalue weighted by atomic mass is 16.5. The molecule has 0 aromatic heterocycles. The maximum absolute atomic E-state index is 11.6. The molecule has 2 amide bonds. The van der Waals surface area contributed by atoms with Gasteiger partial charge in [0.05, 0.1) is 19.8 Å². The highest BCUT2D eigenvalue weighted by molar-refractivity contribution is 5.76. The molecule has 0 fully saturated rings. The van der Waals surface area contributed by atoms with E-state index in [2.05, 4.69) is 17.6 Å². The minimum Gasteiger partial charge on any atom is -0.385 e. The van der Waals surface area contributed by atoms with Crippen LogP contribution >= 0.6 is 0 Å². The van der Waals surface area contributed by atoms with Crippen LogP contribution in [0.3, 0.4) is 0 Å². The Labute approximate surface area is 145 Å². The van der Waals surface area contributed by atoms with Crippen LogP contribution in [0.15, 0.2) is 0 Å². The molecule has 0 aliphatic rings. The third kappa shape index (κ3) is 17.2. The van der Waals surface area contributed by atoms with Gasteiger partial charge >= 0.3 is 0 Å². The number of amides is 2. The topological polar surface area (TPSA) is 85.9 Å². The number of hydrogen-bond donors (Lipinski definition) is 2. The van der Waals surface area contributed by atoms with Crippen molar-refractivity contribution in [1.82, 2.24) is 10.6 Å². The summed E-state index contributed by atoms with van der Waals surface area (Å²) in [5.41, 5.74) is 0. The summed E-state index contributed by atoms with van der Waals surface area (Å²) in [6, 6.07) is 0. The van der Waals surface area contributed by atoms with Crippen LogP contribution in [-0.4, -0.2) is 65.0 Å². The van der Waals surface area contributed by atoms with Crippen LogP contribution in [0, 0.1) is 0 Å². The van der Waals surface area contributed by atoms with E-state index < -0.39 is 0 Å². The van der Waals surface area contributed by atoms with Gasteiger partial charge in [0.25, 0.3) is 0 Å². The Hall–Kier alpha value is -1.18. The first-order chi connectivity index (χ1) is 11.7. The van der Waals surface area contributed by atoms with E-state index in [1.165, 1.54) is 0 Å². The van der Waals surface area contributed by atoms with Crippen molar-refractivity contribution in [3.8, 4) is 0 Å². The van der Waals surface area contributed by atoms with E-state index in [0.29, 0.717) is 52.4 Å². The summed E-state index contributed by atoms with van der Waals surface area (Å²) in [6.45, 7) is 6.11. The van der Waals surface area contributed by atoms with Gasteiger partial charge < -0.3 is 24.8 Å². The fourth-order valence-electron chi connectivity index (χ4n) is 1.88. The third-order valence-corrected chi connectivity index (χ3v) is 3.19. The Morgan fingerprint density at radius 3 is 2.00 bits per heavy atom. The zero-order valence-electron chi connectivity index (χ0n) is 15.2. The molecule has 0 atom stereocenters. The molecule has 0 spiro atoms. The standard InChI is InChI=1S/C17H34N2O5/c1-3-11-23-14-15-24-13-8-17(21)19-10-6-9-18-16(20)7-4-5-12-22-2/h3-15H2,1-2H3,(H,18,20)(H,19,21). The summed E-state index contributed by atoms with van der Waals surface area (Å²) in [5.74, 6) is 0.0199. The smallest absolute Gasteiger partial charge is 0.222 e. The molecule has 7 heteroatoms. The first-order valence-electron chi connectivity index (χ1n) is 8.88.